The molecule has 8 heteroatoms. The van der Waals surface area contributed by atoms with Crippen molar-refractivity contribution < 1.29 is 13.2 Å². The van der Waals surface area contributed by atoms with E-state index in [0.29, 0.717) is 44.2 Å². The van der Waals surface area contributed by atoms with E-state index in [1.165, 1.54) is 16.4 Å². The van der Waals surface area contributed by atoms with E-state index in [1.807, 2.05) is 13.8 Å². The zero-order chi connectivity index (χ0) is 17.7. The monoisotopic (exact) mass is 389 g/mol. The Bertz CT molecular complexity index is 652. The minimum Gasteiger partial charge on any atom is -0.339 e. The van der Waals surface area contributed by atoms with Gasteiger partial charge >= 0.3 is 0 Å². The molecule has 0 radical (unpaired) electrons. The van der Waals surface area contributed by atoms with Gasteiger partial charge in [-0.25, -0.2) is 8.42 Å². The minimum atomic E-state index is -3.50. The predicted molar refractivity (Wildman–Crippen MR) is 101 cm³/mol. The summed E-state index contributed by atoms with van der Waals surface area (Å²) in [5.74, 6) is 0.332. The molecule has 0 unspecified atom stereocenters. The van der Waals surface area contributed by atoms with Crippen LogP contribution in [0, 0.1) is 5.92 Å². The van der Waals surface area contributed by atoms with Gasteiger partial charge in [0.2, 0.25) is 10.0 Å². The van der Waals surface area contributed by atoms with Gasteiger partial charge in [0.05, 0.1) is 4.90 Å². The molecule has 0 aliphatic carbocycles. The summed E-state index contributed by atoms with van der Waals surface area (Å²) >= 11 is 0. The summed E-state index contributed by atoms with van der Waals surface area (Å²) in [6, 6.07) is 6.25. The predicted octanol–water partition coefficient (Wildman–Crippen LogP) is 1.95. The van der Waals surface area contributed by atoms with Gasteiger partial charge in [-0.1, -0.05) is 0 Å². The first kappa shape index (κ1) is 21.9. The van der Waals surface area contributed by atoms with Crippen LogP contribution in [-0.2, 0) is 10.0 Å². The first-order chi connectivity index (χ1) is 11.4. The Balaban J connectivity index is 0.00000312. The molecule has 0 aromatic heterocycles. The lowest BCUT2D eigenvalue weighted by atomic mass is 9.99. The number of piperidine rings is 1. The van der Waals surface area contributed by atoms with Crippen LogP contribution >= 0.6 is 12.4 Å². The molecule has 0 spiro atoms. The second-order valence-corrected chi connectivity index (χ2v) is 8.02. The van der Waals surface area contributed by atoms with Crippen LogP contribution < -0.4 is 5.73 Å². The topological polar surface area (TPSA) is 83.7 Å². The summed E-state index contributed by atoms with van der Waals surface area (Å²) < 4.78 is 26.9. The largest absolute Gasteiger partial charge is 0.339 e. The fraction of sp³-hybridized carbons (Fsp3) is 0.588. The molecule has 1 heterocycles. The molecule has 1 aliphatic rings. The zero-order valence-electron chi connectivity index (χ0n) is 14.8. The number of nitrogens with zero attached hydrogens (tertiary/aromatic N) is 2. The Morgan fingerprint density at radius 3 is 2.12 bits per heavy atom. The molecule has 1 aromatic rings. The molecule has 0 atom stereocenters. The maximum absolute atomic E-state index is 12.7. The van der Waals surface area contributed by atoms with E-state index in [-0.39, 0.29) is 23.2 Å². The molecule has 1 saturated heterocycles. The number of carbonyl (C=O) groups is 1. The van der Waals surface area contributed by atoms with Gasteiger partial charge in [0.15, 0.2) is 0 Å². The average Bonchev–Trinajstić information content (AvgIpc) is 2.62. The molecule has 1 fully saturated rings. The summed E-state index contributed by atoms with van der Waals surface area (Å²) in [5.41, 5.74) is 6.17. The highest BCUT2D eigenvalue weighted by atomic mass is 35.5. The molecule has 1 aliphatic heterocycles. The van der Waals surface area contributed by atoms with Crippen molar-refractivity contribution in [2.45, 2.75) is 31.6 Å². The van der Waals surface area contributed by atoms with Crippen LogP contribution in [0.4, 0.5) is 0 Å². The third-order valence-electron chi connectivity index (χ3n) is 4.70. The van der Waals surface area contributed by atoms with Crippen molar-refractivity contribution in [1.82, 2.24) is 9.21 Å². The van der Waals surface area contributed by atoms with Crippen molar-refractivity contribution in [2.75, 3.05) is 32.7 Å². The number of carbonyl (C=O) groups excluding carboxylic acids is 1. The van der Waals surface area contributed by atoms with Gasteiger partial charge < -0.3 is 10.6 Å². The Morgan fingerprint density at radius 1 is 1.16 bits per heavy atom. The number of benzene rings is 1. The second kappa shape index (κ2) is 9.52. The number of sulfonamides is 1. The minimum absolute atomic E-state index is 0. The van der Waals surface area contributed by atoms with Crippen LogP contribution in [0.5, 0.6) is 0 Å². The van der Waals surface area contributed by atoms with Gasteiger partial charge in [0, 0.05) is 31.7 Å². The third-order valence-corrected chi connectivity index (χ3v) is 6.61. The van der Waals surface area contributed by atoms with Crippen LogP contribution in [0.1, 0.15) is 37.0 Å². The van der Waals surface area contributed by atoms with Crippen molar-refractivity contribution in [2.24, 2.45) is 11.7 Å². The number of hydrogen-bond acceptors (Lipinski definition) is 4. The van der Waals surface area contributed by atoms with E-state index in [4.69, 9.17) is 5.73 Å². The second-order valence-electron chi connectivity index (χ2n) is 6.08. The van der Waals surface area contributed by atoms with E-state index in [2.05, 4.69) is 0 Å². The van der Waals surface area contributed by atoms with Crippen molar-refractivity contribution in [3.05, 3.63) is 29.8 Å². The first-order valence-electron chi connectivity index (χ1n) is 8.53. The Hall–Kier alpha value is -1.15. The lowest BCUT2D eigenvalue weighted by Gasteiger charge is -2.30. The Kier molecular flexibility index (Phi) is 8.34. The number of rotatable bonds is 6. The van der Waals surface area contributed by atoms with Gasteiger partial charge in [0.1, 0.15) is 0 Å². The highest BCUT2D eigenvalue weighted by molar-refractivity contribution is 7.89. The summed E-state index contributed by atoms with van der Waals surface area (Å²) in [6.07, 6.45) is 1.60. The zero-order valence-corrected chi connectivity index (χ0v) is 16.5. The molecule has 142 valence electrons. The average molecular weight is 390 g/mol. The third kappa shape index (κ3) is 4.94. The Morgan fingerprint density at radius 2 is 1.68 bits per heavy atom. The molecule has 0 bridgehead atoms. The van der Waals surface area contributed by atoms with Crippen molar-refractivity contribution >= 4 is 28.3 Å². The Labute approximate surface area is 156 Å². The van der Waals surface area contributed by atoms with Crippen LogP contribution in [-0.4, -0.2) is 56.3 Å². The lowest BCUT2D eigenvalue weighted by Crippen LogP contribution is -2.40. The van der Waals surface area contributed by atoms with Gasteiger partial charge in [-0.2, -0.15) is 4.31 Å². The van der Waals surface area contributed by atoms with Crippen LogP contribution in [0.2, 0.25) is 0 Å². The van der Waals surface area contributed by atoms with Crippen molar-refractivity contribution in [3.63, 3.8) is 0 Å². The highest BCUT2D eigenvalue weighted by Crippen LogP contribution is 2.23. The fourth-order valence-electron chi connectivity index (χ4n) is 3.00. The van der Waals surface area contributed by atoms with E-state index in [0.717, 1.165) is 12.8 Å². The molecular weight excluding hydrogens is 362 g/mol. The van der Waals surface area contributed by atoms with Gasteiger partial charge in [-0.05, 0) is 63.4 Å². The SMILES string of the molecule is CCN(CC)C(=O)c1ccc(S(=O)(=O)N2CCC(CN)CC2)cc1.Cl. The van der Waals surface area contributed by atoms with Crippen LogP contribution in [0.25, 0.3) is 0 Å². The standard InChI is InChI=1S/C17H27N3O3S.ClH/c1-3-19(4-2)17(21)15-5-7-16(8-6-15)24(22,23)20-11-9-14(13-18)10-12-20;/h5-8,14H,3-4,9-13,18H2,1-2H3;1H. The van der Waals surface area contributed by atoms with E-state index >= 15 is 0 Å². The number of hydrogen-bond donors (Lipinski definition) is 1. The molecule has 2 rings (SSSR count). The smallest absolute Gasteiger partial charge is 0.253 e. The van der Waals surface area contributed by atoms with E-state index in [1.54, 1.807) is 17.0 Å². The van der Waals surface area contributed by atoms with Crippen LogP contribution in [0.15, 0.2) is 29.2 Å². The number of halogens is 1. The van der Waals surface area contributed by atoms with Gasteiger partial charge in [-0.3, -0.25) is 4.79 Å². The van der Waals surface area contributed by atoms with Gasteiger partial charge in [0.25, 0.3) is 5.91 Å². The molecule has 1 amide bonds. The maximum atomic E-state index is 12.7. The molecule has 1 aromatic carbocycles. The molecule has 2 N–H and O–H groups in total. The van der Waals surface area contributed by atoms with E-state index in [9.17, 15) is 13.2 Å². The molecule has 6 nitrogen and oxygen atoms in total. The first-order valence-corrected chi connectivity index (χ1v) is 9.97. The quantitative estimate of drug-likeness (QED) is 0.805. The van der Waals surface area contributed by atoms with Crippen molar-refractivity contribution in [1.29, 1.82) is 0 Å². The number of amides is 1. The number of nitrogens with two attached hydrogens (primary N) is 1. The van der Waals surface area contributed by atoms with Crippen molar-refractivity contribution in [3.8, 4) is 0 Å². The normalized spacial score (nSPS) is 16.3. The molecule has 25 heavy (non-hydrogen) atoms. The molecular formula is C17H28ClN3O3S. The van der Waals surface area contributed by atoms with Crippen LogP contribution in [0.3, 0.4) is 0 Å². The van der Waals surface area contributed by atoms with Gasteiger partial charge in [-0.15, -0.1) is 12.4 Å². The van der Waals surface area contributed by atoms with E-state index < -0.39 is 10.0 Å². The summed E-state index contributed by atoms with van der Waals surface area (Å²) in [7, 11) is -3.50. The summed E-state index contributed by atoms with van der Waals surface area (Å²) in [4.78, 5) is 14.2. The highest BCUT2D eigenvalue weighted by Gasteiger charge is 2.29. The summed E-state index contributed by atoms with van der Waals surface area (Å²) in [6.45, 7) is 6.72. The maximum Gasteiger partial charge on any atom is 0.253 e. The fourth-order valence-corrected chi connectivity index (χ4v) is 4.47. The molecule has 0 saturated carbocycles. The summed E-state index contributed by atoms with van der Waals surface area (Å²) in [5, 5.41) is 0. The lowest BCUT2D eigenvalue weighted by molar-refractivity contribution is 0.0773.